The fourth-order valence-corrected chi connectivity index (χ4v) is 4.38. The van der Waals surface area contributed by atoms with Crippen LogP contribution in [0.3, 0.4) is 0 Å². The molecule has 0 unspecified atom stereocenters. The fraction of sp³-hybridized carbons (Fsp3) is 0.440. The first-order valence-electron chi connectivity index (χ1n) is 11.6. The number of carboxylic acids is 1. The molecule has 2 aromatic carbocycles. The number of halogens is 2. The van der Waals surface area contributed by atoms with Crippen LogP contribution in [0.15, 0.2) is 30.3 Å². The molecule has 2 fully saturated rings. The molecule has 0 amide bonds. The summed E-state index contributed by atoms with van der Waals surface area (Å²) in [7, 11) is -0.821. The predicted molar refractivity (Wildman–Crippen MR) is 126 cm³/mol. The Morgan fingerprint density at radius 1 is 1.17 bits per heavy atom. The van der Waals surface area contributed by atoms with E-state index >= 15 is 8.78 Å². The van der Waals surface area contributed by atoms with Crippen LogP contribution in [0.4, 0.5) is 8.78 Å². The van der Waals surface area contributed by atoms with Gasteiger partial charge in [0, 0.05) is 18.5 Å². The lowest BCUT2D eigenvalue weighted by atomic mass is 9.78. The van der Waals surface area contributed by atoms with E-state index in [1.54, 1.807) is 16.7 Å². The van der Waals surface area contributed by atoms with Crippen LogP contribution < -0.4 is 5.46 Å². The van der Waals surface area contributed by atoms with Crippen LogP contribution in [0.1, 0.15) is 55.9 Å². The molecule has 0 saturated carbocycles. The lowest BCUT2D eigenvalue weighted by Gasteiger charge is -2.32. The third-order valence-corrected chi connectivity index (χ3v) is 7.27. The van der Waals surface area contributed by atoms with Gasteiger partial charge in [-0.25, -0.2) is 18.6 Å². The summed E-state index contributed by atoms with van der Waals surface area (Å²) in [5.74, 6) is -2.15. The molecule has 1 N–H and O–H groups in total. The molecule has 184 valence electrons. The van der Waals surface area contributed by atoms with E-state index in [2.05, 4.69) is 4.98 Å². The highest BCUT2D eigenvalue weighted by Gasteiger charge is 2.52. The molecule has 0 spiro atoms. The highest BCUT2D eigenvalue weighted by atomic mass is 19.1. The van der Waals surface area contributed by atoms with Gasteiger partial charge in [-0.05, 0) is 57.9 Å². The van der Waals surface area contributed by atoms with Crippen molar-refractivity contribution in [2.24, 2.45) is 0 Å². The first kappa shape index (κ1) is 23.9. The van der Waals surface area contributed by atoms with Crippen molar-refractivity contribution in [3.63, 3.8) is 0 Å². The van der Waals surface area contributed by atoms with Gasteiger partial charge in [-0.1, -0.05) is 12.1 Å². The first-order chi connectivity index (χ1) is 16.5. The molecule has 5 rings (SSSR count). The minimum absolute atomic E-state index is 0.110. The minimum atomic E-state index is -1.35. The number of hydrogen-bond donors (Lipinski definition) is 1. The molecule has 0 aliphatic carbocycles. The number of nitrogens with zero attached hydrogens (tertiary/aromatic N) is 2. The summed E-state index contributed by atoms with van der Waals surface area (Å²) in [6.07, 6.45) is 0.933. The van der Waals surface area contributed by atoms with Gasteiger partial charge in [0.05, 0.1) is 34.9 Å². The van der Waals surface area contributed by atoms with Crippen molar-refractivity contribution in [1.82, 2.24) is 9.55 Å². The van der Waals surface area contributed by atoms with Gasteiger partial charge in [0.25, 0.3) is 0 Å². The van der Waals surface area contributed by atoms with Crippen LogP contribution in [-0.2, 0) is 27.0 Å². The average Bonchev–Trinajstić information content (AvgIpc) is 3.17. The van der Waals surface area contributed by atoms with Crippen LogP contribution in [0.2, 0.25) is 0 Å². The molecule has 0 bridgehead atoms. The van der Waals surface area contributed by atoms with Crippen molar-refractivity contribution in [1.29, 1.82) is 0 Å². The highest BCUT2D eigenvalue weighted by molar-refractivity contribution is 6.62. The van der Waals surface area contributed by atoms with Crippen LogP contribution >= 0.6 is 0 Å². The van der Waals surface area contributed by atoms with Crippen molar-refractivity contribution in [3.05, 3.63) is 58.9 Å². The molecule has 2 saturated heterocycles. The zero-order valence-corrected chi connectivity index (χ0v) is 20.1. The molecule has 3 heterocycles. The Morgan fingerprint density at radius 3 is 2.43 bits per heavy atom. The van der Waals surface area contributed by atoms with Crippen molar-refractivity contribution in [3.8, 4) is 0 Å². The van der Waals surface area contributed by atoms with Crippen molar-refractivity contribution in [2.45, 2.75) is 64.4 Å². The van der Waals surface area contributed by atoms with Gasteiger partial charge in [-0.2, -0.15) is 0 Å². The number of carboxylic acid groups (broad SMARTS) is 1. The van der Waals surface area contributed by atoms with E-state index in [-0.39, 0.29) is 18.0 Å². The van der Waals surface area contributed by atoms with Crippen LogP contribution in [-0.4, -0.2) is 51.7 Å². The van der Waals surface area contributed by atoms with Gasteiger partial charge >= 0.3 is 13.1 Å². The SMILES string of the molecule is CC1(C)OB(c2ccc(Cc3nc4ccc(C(=O)O)c(F)c4n3C[C@@H]3CCO3)cc2F)OC1(C)C. The smallest absolute Gasteiger partial charge is 0.478 e. The zero-order chi connectivity index (χ0) is 25.1. The number of imidazole rings is 1. The van der Waals surface area contributed by atoms with E-state index in [0.29, 0.717) is 35.5 Å². The summed E-state index contributed by atoms with van der Waals surface area (Å²) in [6, 6.07) is 7.51. The number of ether oxygens (including phenoxy) is 1. The Labute approximate surface area is 202 Å². The Hall–Kier alpha value is -2.82. The summed E-state index contributed by atoms with van der Waals surface area (Å²) >= 11 is 0. The van der Waals surface area contributed by atoms with E-state index < -0.39 is 41.5 Å². The molecule has 2 aliphatic rings. The van der Waals surface area contributed by atoms with Gasteiger partial charge in [-0.15, -0.1) is 0 Å². The summed E-state index contributed by atoms with van der Waals surface area (Å²) < 4.78 is 49.4. The van der Waals surface area contributed by atoms with Gasteiger partial charge in [0.15, 0.2) is 5.82 Å². The zero-order valence-electron chi connectivity index (χ0n) is 20.1. The summed E-state index contributed by atoms with van der Waals surface area (Å²) in [6.45, 7) is 8.59. The predicted octanol–water partition coefficient (Wildman–Crippen LogP) is 3.69. The Bertz CT molecular complexity index is 1300. The van der Waals surface area contributed by atoms with Gasteiger partial charge in [-0.3, -0.25) is 0 Å². The standard InChI is InChI=1S/C25H27BF2N2O5/c1-24(2)25(3,4)35-26(34-24)17-7-5-14(11-18(17)27)12-20-29-19-8-6-16(23(31)32)21(28)22(19)30(20)13-15-9-10-33-15/h5-8,11,15H,9-10,12-13H2,1-4H3,(H,31,32)/t15-/m0/s1. The molecule has 10 heteroatoms. The number of hydrogen-bond acceptors (Lipinski definition) is 5. The second-order valence-electron chi connectivity index (χ2n) is 10.1. The summed E-state index contributed by atoms with van der Waals surface area (Å²) in [5, 5.41) is 9.35. The van der Waals surface area contributed by atoms with Crippen LogP contribution in [0.25, 0.3) is 11.0 Å². The van der Waals surface area contributed by atoms with E-state index in [4.69, 9.17) is 14.0 Å². The largest absolute Gasteiger partial charge is 0.497 e. The van der Waals surface area contributed by atoms with Crippen molar-refractivity contribution in [2.75, 3.05) is 6.61 Å². The Kier molecular flexibility index (Phi) is 5.73. The van der Waals surface area contributed by atoms with Crippen LogP contribution in [0.5, 0.6) is 0 Å². The molecule has 35 heavy (non-hydrogen) atoms. The molecular weight excluding hydrogens is 457 g/mol. The molecule has 0 radical (unpaired) electrons. The van der Waals surface area contributed by atoms with E-state index in [0.717, 1.165) is 6.42 Å². The number of rotatable bonds is 6. The van der Waals surface area contributed by atoms with E-state index in [1.165, 1.54) is 18.2 Å². The number of carbonyl (C=O) groups is 1. The quantitative estimate of drug-likeness (QED) is 0.538. The maximum atomic E-state index is 15.2. The van der Waals surface area contributed by atoms with Crippen LogP contribution in [0, 0.1) is 11.6 Å². The number of aromatic carboxylic acids is 1. The molecule has 3 aromatic rings. The molecule has 7 nitrogen and oxygen atoms in total. The molecule has 1 atom stereocenters. The third-order valence-electron chi connectivity index (χ3n) is 7.27. The van der Waals surface area contributed by atoms with Gasteiger partial charge in [0.2, 0.25) is 0 Å². The second kappa shape index (κ2) is 8.39. The molecular formula is C25H27BF2N2O5. The van der Waals surface area contributed by atoms with Crippen molar-refractivity contribution < 1.29 is 32.7 Å². The monoisotopic (exact) mass is 484 g/mol. The van der Waals surface area contributed by atoms with E-state index in [9.17, 15) is 9.90 Å². The Morgan fingerprint density at radius 2 is 1.86 bits per heavy atom. The maximum Gasteiger partial charge on any atom is 0.497 e. The van der Waals surface area contributed by atoms with E-state index in [1.807, 2.05) is 27.7 Å². The maximum absolute atomic E-state index is 15.2. The molecule has 2 aliphatic heterocycles. The first-order valence-corrected chi connectivity index (χ1v) is 11.6. The van der Waals surface area contributed by atoms with Crippen molar-refractivity contribution >= 4 is 29.6 Å². The molecule has 1 aromatic heterocycles. The normalized spacial score (nSPS) is 20.9. The summed E-state index contributed by atoms with van der Waals surface area (Å²) in [5.41, 5.74) is -0.196. The highest BCUT2D eigenvalue weighted by Crippen LogP contribution is 2.36. The Balaban J connectivity index is 1.48. The average molecular weight is 484 g/mol. The third kappa shape index (κ3) is 4.13. The topological polar surface area (TPSA) is 82.8 Å². The fourth-order valence-electron chi connectivity index (χ4n) is 4.38. The minimum Gasteiger partial charge on any atom is -0.478 e. The second-order valence-corrected chi connectivity index (χ2v) is 10.1. The van der Waals surface area contributed by atoms with Gasteiger partial charge in [0.1, 0.15) is 17.2 Å². The summed E-state index contributed by atoms with van der Waals surface area (Å²) in [4.78, 5) is 16.0. The van der Waals surface area contributed by atoms with Gasteiger partial charge < -0.3 is 23.7 Å². The number of aromatic nitrogens is 2. The lowest BCUT2D eigenvalue weighted by molar-refractivity contribution is -0.0590. The number of fused-ring (bicyclic) bond motifs is 1. The number of benzene rings is 2. The lowest BCUT2D eigenvalue weighted by Crippen LogP contribution is -2.41.